The van der Waals surface area contributed by atoms with Crippen molar-refractivity contribution in [3.63, 3.8) is 0 Å². The molecule has 2 N–H and O–H groups in total. The number of nitriles is 1. The van der Waals surface area contributed by atoms with Crippen LogP contribution in [0.4, 0.5) is 0 Å². The zero-order valence-electron chi connectivity index (χ0n) is 11.8. The summed E-state index contributed by atoms with van der Waals surface area (Å²) in [6.07, 6.45) is 3.64. The molecule has 1 aliphatic rings. The minimum Gasteiger partial charge on any atom is -0.478 e. The van der Waals surface area contributed by atoms with Crippen molar-refractivity contribution in [3.8, 4) is 6.07 Å². The third-order valence-electron chi connectivity index (χ3n) is 3.98. The van der Waals surface area contributed by atoms with Crippen LogP contribution in [-0.4, -0.2) is 23.5 Å². The van der Waals surface area contributed by atoms with Crippen LogP contribution in [0.5, 0.6) is 0 Å². The highest BCUT2D eigenvalue weighted by atomic mass is 16.4. The summed E-state index contributed by atoms with van der Waals surface area (Å²) < 4.78 is 0. The number of carboxylic acid groups (broad SMARTS) is 1. The molecule has 1 aromatic carbocycles. The van der Waals surface area contributed by atoms with E-state index in [2.05, 4.69) is 11.4 Å². The first-order chi connectivity index (χ1) is 10.1. The van der Waals surface area contributed by atoms with Crippen molar-refractivity contribution in [2.24, 2.45) is 5.41 Å². The van der Waals surface area contributed by atoms with Crippen LogP contribution in [0, 0.1) is 16.7 Å². The lowest BCUT2D eigenvalue weighted by molar-refractivity contribution is -0.127. The number of carbonyl (C=O) groups is 2. The van der Waals surface area contributed by atoms with Crippen molar-refractivity contribution < 1.29 is 14.7 Å². The lowest BCUT2D eigenvalue weighted by atomic mass is 9.87. The quantitative estimate of drug-likeness (QED) is 0.867. The van der Waals surface area contributed by atoms with E-state index in [0.29, 0.717) is 25.8 Å². The van der Waals surface area contributed by atoms with E-state index in [1.165, 1.54) is 6.07 Å². The second-order valence-electron chi connectivity index (χ2n) is 5.41. The number of benzene rings is 1. The largest absolute Gasteiger partial charge is 0.478 e. The molecule has 2 rings (SSSR count). The summed E-state index contributed by atoms with van der Waals surface area (Å²) in [7, 11) is 0. The lowest BCUT2D eigenvalue weighted by Gasteiger charge is -2.19. The Hall–Kier alpha value is -2.35. The predicted molar refractivity (Wildman–Crippen MR) is 76.6 cm³/mol. The molecule has 0 radical (unpaired) electrons. The molecular weight excluding hydrogens is 268 g/mol. The van der Waals surface area contributed by atoms with Gasteiger partial charge in [-0.25, -0.2) is 4.79 Å². The van der Waals surface area contributed by atoms with Crippen LogP contribution in [0.3, 0.4) is 0 Å². The van der Waals surface area contributed by atoms with Crippen molar-refractivity contribution in [1.82, 2.24) is 5.32 Å². The van der Waals surface area contributed by atoms with Crippen LogP contribution in [0.25, 0.3) is 0 Å². The minimum absolute atomic E-state index is 0.197. The van der Waals surface area contributed by atoms with Gasteiger partial charge in [-0.05, 0) is 37.0 Å². The molecule has 1 aliphatic carbocycles. The molecule has 5 heteroatoms. The Morgan fingerprint density at radius 1 is 1.33 bits per heavy atom. The predicted octanol–water partition coefficient (Wildman–Crippen LogP) is 2.13. The van der Waals surface area contributed by atoms with E-state index in [0.717, 1.165) is 18.4 Å². The number of carboxylic acids is 1. The molecule has 0 aromatic heterocycles. The lowest BCUT2D eigenvalue weighted by Crippen LogP contribution is -2.39. The molecule has 0 spiro atoms. The number of nitrogens with zero attached hydrogens (tertiary/aromatic N) is 1. The van der Waals surface area contributed by atoms with Crippen molar-refractivity contribution in [2.45, 2.75) is 32.1 Å². The molecule has 1 fully saturated rings. The van der Waals surface area contributed by atoms with Gasteiger partial charge in [0.2, 0.25) is 5.91 Å². The second-order valence-corrected chi connectivity index (χ2v) is 5.41. The number of hydrogen-bond acceptors (Lipinski definition) is 3. The summed E-state index contributed by atoms with van der Waals surface area (Å²) in [5, 5.41) is 21.0. The number of carbonyl (C=O) groups excluding carboxylic acids is 1. The topological polar surface area (TPSA) is 90.2 Å². The van der Waals surface area contributed by atoms with Gasteiger partial charge in [0.05, 0.1) is 11.6 Å². The third-order valence-corrected chi connectivity index (χ3v) is 3.98. The third kappa shape index (κ3) is 3.40. The fourth-order valence-electron chi connectivity index (χ4n) is 2.72. The molecule has 0 heterocycles. The summed E-state index contributed by atoms with van der Waals surface area (Å²) in [5.41, 5.74) is 0.235. The molecule has 0 aliphatic heterocycles. The first-order valence-electron chi connectivity index (χ1n) is 7.09. The SMILES string of the molecule is N#CC1(C(=O)NCCc2cccc(C(=O)O)c2)CCCC1. The van der Waals surface area contributed by atoms with Gasteiger partial charge in [-0.15, -0.1) is 0 Å². The van der Waals surface area contributed by atoms with E-state index in [1.54, 1.807) is 12.1 Å². The van der Waals surface area contributed by atoms with Crippen LogP contribution in [0.15, 0.2) is 24.3 Å². The maximum Gasteiger partial charge on any atom is 0.335 e. The highest BCUT2D eigenvalue weighted by Gasteiger charge is 2.41. The number of aromatic carboxylic acids is 1. The maximum atomic E-state index is 12.1. The molecule has 1 saturated carbocycles. The standard InChI is InChI=1S/C16H18N2O3/c17-11-16(7-1-2-8-16)15(21)18-9-6-12-4-3-5-13(10-12)14(19)20/h3-5,10H,1-2,6-9H2,(H,18,21)(H,19,20). The van der Waals surface area contributed by atoms with E-state index in [9.17, 15) is 14.9 Å². The van der Waals surface area contributed by atoms with Gasteiger partial charge in [-0.3, -0.25) is 4.79 Å². The van der Waals surface area contributed by atoms with Gasteiger partial charge in [0.15, 0.2) is 0 Å². The Kier molecular flexibility index (Phi) is 4.59. The number of amides is 1. The van der Waals surface area contributed by atoms with Crippen molar-refractivity contribution >= 4 is 11.9 Å². The average Bonchev–Trinajstić information content (AvgIpc) is 2.97. The molecule has 21 heavy (non-hydrogen) atoms. The highest BCUT2D eigenvalue weighted by molar-refractivity contribution is 5.87. The van der Waals surface area contributed by atoms with Crippen LogP contribution in [-0.2, 0) is 11.2 Å². The van der Waals surface area contributed by atoms with E-state index in [-0.39, 0.29) is 11.5 Å². The van der Waals surface area contributed by atoms with E-state index < -0.39 is 11.4 Å². The summed E-state index contributed by atoms with van der Waals surface area (Å²) in [5.74, 6) is -1.16. The second kappa shape index (κ2) is 6.40. The highest BCUT2D eigenvalue weighted by Crippen LogP contribution is 2.37. The first kappa shape index (κ1) is 15.0. The van der Waals surface area contributed by atoms with Gasteiger partial charge in [0, 0.05) is 6.54 Å². The molecule has 5 nitrogen and oxygen atoms in total. The van der Waals surface area contributed by atoms with Crippen molar-refractivity contribution in [2.75, 3.05) is 6.54 Å². The Labute approximate surface area is 123 Å². The molecular formula is C16H18N2O3. The van der Waals surface area contributed by atoms with E-state index in [4.69, 9.17) is 5.11 Å². The fourth-order valence-corrected chi connectivity index (χ4v) is 2.72. The summed E-state index contributed by atoms with van der Waals surface area (Å²) in [6.45, 7) is 0.408. The average molecular weight is 286 g/mol. The molecule has 0 saturated heterocycles. The Morgan fingerprint density at radius 2 is 2.05 bits per heavy atom. The summed E-state index contributed by atoms with van der Waals surface area (Å²) in [6, 6.07) is 8.81. The van der Waals surface area contributed by atoms with E-state index >= 15 is 0 Å². The van der Waals surface area contributed by atoms with Gasteiger partial charge in [-0.1, -0.05) is 25.0 Å². The number of rotatable bonds is 5. The zero-order chi connectivity index (χ0) is 15.3. The Morgan fingerprint density at radius 3 is 2.67 bits per heavy atom. The normalized spacial score (nSPS) is 16.1. The minimum atomic E-state index is -0.963. The fraction of sp³-hybridized carbons (Fsp3) is 0.438. The smallest absolute Gasteiger partial charge is 0.335 e. The van der Waals surface area contributed by atoms with Gasteiger partial charge in [0.25, 0.3) is 0 Å². The molecule has 110 valence electrons. The van der Waals surface area contributed by atoms with Crippen LogP contribution in [0.2, 0.25) is 0 Å². The van der Waals surface area contributed by atoms with Gasteiger partial charge in [-0.2, -0.15) is 5.26 Å². The molecule has 0 bridgehead atoms. The Balaban J connectivity index is 1.90. The van der Waals surface area contributed by atoms with Crippen LogP contribution < -0.4 is 5.32 Å². The zero-order valence-corrected chi connectivity index (χ0v) is 11.8. The van der Waals surface area contributed by atoms with E-state index in [1.807, 2.05) is 6.07 Å². The maximum absolute atomic E-state index is 12.1. The van der Waals surface area contributed by atoms with Gasteiger partial charge >= 0.3 is 5.97 Å². The first-order valence-corrected chi connectivity index (χ1v) is 7.09. The van der Waals surface area contributed by atoms with Gasteiger partial charge < -0.3 is 10.4 Å². The van der Waals surface area contributed by atoms with Crippen molar-refractivity contribution in [1.29, 1.82) is 5.26 Å². The number of hydrogen-bond donors (Lipinski definition) is 2. The molecule has 0 unspecified atom stereocenters. The van der Waals surface area contributed by atoms with Crippen LogP contribution in [0.1, 0.15) is 41.6 Å². The monoisotopic (exact) mass is 286 g/mol. The van der Waals surface area contributed by atoms with Crippen molar-refractivity contribution in [3.05, 3.63) is 35.4 Å². The summed E-state index contributed by atoms with van der Waals surface area (Å²) >= 11 is 0. The number of nitrogens with one attached hydrogen (secondary N) is 1. The van der Waals surface area contributed by atoms with Crippen LogP contribution >= 0.6 is 0 Å². The molecule has 1 aromatic rings. The Bertz CT molecular complexity index is 583. The molecule has 1 amide bonds. The van der Waals surface area contributed by atoms with Gasteiger partial charge in [0.1, 0.15) is 5.41 Å². The molecule has 0 atom stereocenters. The summed E-state index contributed by atoms with van der Waals surface area (Å²) in [4.78, 5) is 23.0.